The van der Waals surface area contributed by atoms with E-state index in [9.17, 15) is 13.2 Å². The standard InChI is InChI=1S/C13H21F3N4/c1-8(2)20-11(7-17)18-19-12(20)9-5-3-4-6-10(9)13(14,15)16/h8-10H,3-7,17H2,1-2H3. The Morgan fingerprint density at radius 1 is 1.25 bits per heavy atom. The molecule has 0 radical (unpaired) electrons. The molecule has 1 heterocycles. The summed E-state index contributed by atoms with van der Waals surface area (Å²) in [5, 5.41) is 8.00. The molecule has 1 saturated carbocycles. The monoisotopic (exact) mass is 290 g/mol. The van der Waals surface area contributed by atoms with Crippen molar-refractivity contribution in [1.29, 1.82) is 0 Å². The Hall–Kier alpha value is -1.11. The number of nitrogens with zero attached hydrogens (tertiary/aromatic N) is 3. The van der Waals surface area contributed by atoms with Crippen molar-refractivity contribution >= 4 is 0 Å². The van der Waals surface area contributed by atoms with Crippen molar-refractivity contribution in [2.45, 2.75) is 64.2 Å². The fraction of sp³-hybridized carbons (Fsp3) is 0.846. The average molecular weight is 290 g/mol. The lowest BCUT2D eigenvalue weighted by molar-refractivity contribution is -0.188. The van der Waals surface area contributed by atoms with Crippen molar-refractivity contribution < 1.29 is 13.2 Å². The van der Waals surface area contributed by atoms with Gasteiger partial charge in [-0.2, -0.15) is 13.2 Å². The summed E-state index contributed by atoms with van der Waals surface area (Å²) in [6.07, 6.45) is -2.06. The van der Waals surface area contributed by atoms with Crippen LogP contribution in [0, 0.1) is 5.92 Å². The highest BCUT2D eigenvalue weighted by Crippen LogP contribution is 2.46. The molecule has 0 bridgehead atoms. The number of aromatic nitrogens is 3. The van der Waals surface area contributed by atoms with E-state index in [4.69, 9.17) is 5.73 Å². The van der Waals surface area contributed by atoms with Gasteiger partial charge in [-0.25, -0.2) is 0 Å². The minimum atomic E-state index is -4.18. The van der Waals surface area contributed by atoms with E-state index in [0.717, 1.165) is 6.42 Å². The first-order valence-corrected chi connectivity index (χ1v) is 7.06. The summed E-state index contributed by atoms with van der Waals surface area (Å²) in [5.74, 6) is -0.911. The van der Waals surface area contributed by atoms with Crippen LogP contribution in [-0.2, 0) is 6.54 Å². The van der Waals surface area contributed by atoms with Crippen molar-refractivity contribution in [2.24, 2.45) is 11.7 Å². The first-order chi connectivity index (χ1) is 9.36. The third-order valence-electron chi connectivity index (χ3n) is 4.01. The van der Waals surface area contributed by atoms with Gasteiger partial charge in [-0.1, -0.05) is 12.8 Å². The SMILES string of the molecule is CC(C)n1c(CN)nnc1C1CCCCC1C(F)(F)F. The number of nitrogens with two attached hydrogens (primary N) is 1. The Kier molecular flexibility index (Phi) is 4.36. The normalized spacial score (nSPS) is 24.4. The molecular weight excluding hydrogens is 269 g/mol. The van der Waals surface area contributed by atoms with Crippen LogP contribution in [0.1, 0.15) is 63.1 Å². The Balaban J connectivity index is 2.40. The molecule has 114 valence electrons. The largest absolute Gasteiger partial charge is 0.392 e. The van der Waals surface area contributed by atoms with Crippen molar-refractivity contribution in [1.82, 2.24) is 14.8 Å². The molecule has 1 aromatic rings. The third-order valence-corrected chi connectivity index (χ3v) is 4.01. The highest BCUT2D eigenvalue weighted by Gasteiger charge is 2.47. The summed E-state index contributed by atoms with van der Waals surface area (Å²) in [6, 6.07) is 0.00867. The summed E-state index contributed by atoms with van der Waals surface area (Å²) >= 11 is 0. The summed E-state index contributed by atoms with van der Waals surface area (Å²) in [7, 11) is 0. The van der Waals surface area contributed by atoms with Crippen molar-refractivity contribution in [2.75, 3.05) is 0 Å². The summed E-state index contributed by atoms with van der Waals surface area (Å²) < 4.78 is 41.4. The lowest BCUT2D eigenvalue weighted by Gasteiger charge is -2.33. The van der Waals surface area contributed by atoms with Crippen LogP contribution in [0.2, 0.25) is 0 Å². The Labute approximate surface area is 116 Å². The molecule has 0 saturated heterocycles. The average Bonchev–Trinajstić information content (AvgIpc) is 2.81. The molecule has 0 aliphatic heterocycles. The maximum Gasteiger partial charge on any atom is 0.392 e. The number of hydrogen-bond acceptors (Lipinski definition) is 3. The highest BCUT2D eigenvalue weighted by molar-refractivity contribution is 5.08. The van der Waals surface area contributed by atoms with Gasteiger partial charge in [0.25, 0.3) is 0 Å². The third kappa shape index (κ3) is 2.82. The van der Waals surface area contributed by atoms with Crippen LogP contribution in [0.3, 0.4) is 0 Å². The summed E-state index contributed by atoms with van der Waals surface area (Å²) in [5.41, 5.74) is 5.61. The van der Waals surface area contributed by atoms with Crippen LogP contribution in [0.15, 0.2) is 0 Å². The molecule has 4 nitrogen and oxygen atoms in total. The quantitative estimate of drug-likeness (QED) is 0.930. The van der Waals surface area contributed by atoms with E-state index >= 15 is 0 Å². The second-order valence-corrected chi connectivity index (χ2v) is 5.68. The molecule has 2 rings (SSSR count). The predicted octanol–water partition coefficient (Wildman–Crippen LogP) is 3.15. The van der Waals surface area contributed by atoms with E-state index in [-0.39, 0.29) is 19.0 Å². The molecule has 0 amide bonds. The smallest absolute Gasteiger partial charge is 0.324 e. The molecule has 2 atom stereocenters. The first-order valence-electron chi connectivity index (χ1n) is 7.06. The number of hydrogen-bond donors (Lipinski definition) is 1. The van der Waals surface area contributed by atoms with Gasteiger partial charge in [0.1, 0.15) is 11.6 Å². The Morgan fingerprint density at radius 2 is 1.90 bits per heavy atom. The fourth-order valence-electron chi connectivity index (χ4n) is 3.12. The maximum atomic E-state index is 13.2. The van der Waals surface area contributed by atoms with E-state index < -0.39 is 18.0 Å². The van der Waals surface area contributed by atoms with Gasteiger partial charge < -0.3 is 10.3 Å². The molecule has 0 aromatic carbocycles. The lowest BCUT2D eigenvalue weighted by Crippen LogP contribution is -2.33. The predicted molar refractivity (Wildman–Crippen MR) is 69.1 cm³/mol. The molecular formula is C13H21F3N4. The van der Waals surface area contributed by atoms with E-state index in [0.29, 0.717) is 24.5 Å². The van der Waals surface area contributed by atoms with Crippen LogP contribution in [0.25, 0.3) is 0 Å². The van der Waals surface area contributed by atoms with Gasteiger partial charge in [0.2, 0.25) is 0 Å². The molecule has 1 fully saturated rings. The number of rotatable bonds is 3. The van der Waals surface area contributed by atoms with Gasteiger partial charge >= 0.3 is 6.18 Å². The molecule has 2 unspecified atom stereocenters. The van der Waals surface area contributed by atoms with Crippen LogP contribution >= 0.6 is 0 Å². The molecule has 2 N–H and O–H groups in total. The molecule has 1 aliphatic rings. The van der Waals surface area contributed by atoms with Crippen molar-refractivity contribution in [3.05, 3.63) is 11.6 Å². The summed E-state index contributed by atoms with van der Waals surface area (Å²) in [6.45, 7) is 4.02. The van der Waals surface area contributed by atoms with Gasteiger partial charge in [-0.15, -0.1) is 10.2 Å². The maximum absolute atomic E-state index is 13.2. The molecule has 1 aliphatic carbocycles. The van der Waals surface area contributed by atoms with Crippen LogP contribution in [0.5, 0.6) is 0 Å². The first kappa shape index (κ1) is 15.3. The number of alkyl halides is 3. The van der Waals surface area contributed by atoms with E-state index in [1.165, 1.54) is 0 Å². The zero-order chi connectivity index (χ0) is 14.9. The second-order valence-electron chi connectivity index (χ2n) is 5.68. The van der Waals surface area contributed by atoms with Crippen LogP contribution < -0.4 is 5.73 Å². The van der Waals surface area contributed by atoms with Crippen LogP contribution in [0.4, 0.5) is 13.2 Å². The highest BCUT2D eigenvalue weighted by atomic mass is 19.4. The molecule has 1 aromatic heterocycles. The minimum Gasteiger partial charge on any atom is -0.324 e. The zero-order valence-electron chi connectivity index (χ0n) is 11.8. The van der Waals surface area contributed by atoms with Gasteiger partial charge in [0.15, 0.2) is 0 Å². The number of halogens is 3. The minimum absolute atomic E-state index is 0.00867. The molecule has 7 heteroatoms. The lowest BCUT2D eigenvalue weighted by atomic mass is 9.78. The topological polar surface area (TPSA) is 56.7 Å². The Morgan fingerprint density at radius 3 is 2.45 bits per heavy atom. The van der Waals surface area contributed by atoms with Gasteiger partial charge in [0, 0.05) is 12.0 Å². The Bertz CT molecular complexity index is 453. The second kappa shape index (κ2) is 5.71. The van der Waals surface area contributed by atoms with Crippen LogP contribution in [-0.4, -0.2) is 20.9 Å². The summed E-state index contributed by atoms with van der Waals surface area (Å²) in [4.78, 5) is 0. The molecule has 0 spiro atoms. The van der Waals surface area contributed by atoms with Crippen molar-refractivity contribution in [3.63, 3.8) is 0 Å². The van der Waals surface area contributed by atoms with Gasteiger partial charge in [0.05, 0.1) is 12.5 Å². The van der Waals surface area contributed by atoms with E-state index in [2.05, 4.69) is 10.2 Å². The zero-order valence-corrected chi connectivity index (χ0v) is 11.8. The van der Waals surface area contributed by atoms with Gasteiger partial charge in [-0.05, 0) is 26.7 Å². The molecule has 20 heavy (non-hydrogen) atoms. The van der Waals surface area contributed by atoms with E-state index in [1.54, 1.807) is 4.57 Å². The van der Waals surface area contributed by atoms with Gasteiger partial charge in [-0.3, -0.25) is 0 Å². The van der Waals surface area contributed by atoms with Crippen molar-refractivity contribution in [3.8, 4) is 0 Å². The van der Waals surface area contributed by atoms with E-state index in [1.807, 2.05) is 13.8 Å². The fourth-order valence-corrected chi connectivity index (χ4v) is 3.12.